The lowest BCUT2D eigenvalue weighted by Crippen LogP contribution is -2.26. The van der Waals surface area contributed by atoms with Crippen molar-refractivity contribution >= 4 is 34.9 Å². The molecule has 1 aliphatic rings. The van der Waals surface area contributed by atoms with Crippen LogP contribution in [0.25, 0.3) is 0 Å². The highest BCUT2D eigenvalue weighted by molar-refractivity contribution is 6.32. The summed E-state index contributed by atoms with van der Waals surface area (Å²) in [5.74, 6) is 0.682. The van der Waals surface area contributed by atoms with Crippen LogP contribution in [-0.4, -0.2) is 35.2 Å². The molecule has 1 N–H and O–H groups in total. The van der Waals surface area contributed by atoms with Crippen molar-refractivity contribution in [2.45, 2.75) is 25.4 Å². The number of ether oxygens (including phenoxy) is 2. The molecule has 1 aliphatic heterocycles. The fraction of sp³-hybridized carbons (Fsp3) is 0.353. The zero-order valence-electron chi connectivity index (χ0n) is 13.4. The Hall–Kier alpha value is -1.89. The number of rotatable bonds is 5. The van der Waals surface area contributed by atoms with Gasteiger partial charge in [0.1, 0.15) is 27.8 Å². The molecule has 1 amide bonds. The molecule has 8 heteroatoms. The predicted molar refractivity (Wildman–Crippen MR) is 95.3 cm³/mol. The zero-order chi connectivity index (χ0) is 17.6. The number of amides is 1. The molecule has 0 saturated carbocycles. The minimum atomic E-state index is -0.212. The fourth-order valence-corrected chi connectivity index (χ4v) is 2.70. The monoisotopic (exact) mass is 381 g/mol. The smallest absolute Gasteiger partial charge is 0.230 e. The van der Waals surface area contributed by atoms with Crippen molar-refractivity contribution in [3.05, 3.63) is 46.3 Å². The molecular weight excluding hydrogens is 365 g/mol. The molecule has 0 radical (unpaired) electrons. The van der Waals surface area contributed by atoms with Crippen molar-refractivity contribution in [2.75, 3.05) is 18.5 Å². The number of hydrogen-bond acceptors (Lipinski definition) is 5. The Morgan fingerprint density at radius 1 is 1.24 bits per heavy atom. The second-order valence-corrected chi connectivity index (χ2v) is 6.44. The second kappa shape index (κ2) is 8.47. The van der Waals surface area contributed by atoms with Crippen LogP contribution >= 0.6 is 23.2 Å². The maximum absolute atomic E-state index is 12.2. The van der Waals surface area contributed by atoms with Gasteiger partial charge in [0.25, 0.3) is 0 Å². The number of nitrogens with zero attached hydrogens (tertiary/aromatic N) is 2. The number of anilines is 1. The largest absolute Gasteiger partial charge is 0.488 e. The van der Waals surface area contributed by atoms with Gasteiger partial charge in [0.05, 0.1) is 25.8 Å². The maximum Gasteiger partial charge on any atom is 0.230 e. The minimum Gasteiger partial charge on any atom is -0.488 e. The van der Waals surface area contributed by atoms with Gasteiger partial charge in [0.2, 0.25) is 5.91 Å². The highest BCUT2D eigenvalue weighted by atomic mass is 35.5. The topological polar surface area (TPSA) is 73.3 Å². The number of aromatic nitrogens is 2. The number of carbonyl (C=O) groups is 1. The molecule has 0 spiro atoms. The van der Waals surface area contributed by atoms with Crippen molar-refractivity contribution in [2.24, 2.45) is 0 Å². The van der Waals surface area contributed by atoms with Gasteiger partial charge in [0, 0.05) is 25.1 Å². The van der Waals surface area contributed by atoms with Crippen LogP contribution in [0.5, 0.6) is 5.75 Å². The summed E-state index contributed by atoms with van der Waals surface area (Å²) in [5.41, 5.74) is 0.759. The SMILES string of the molecule is O=C(Cc1ccc(Cl)nc1)Nc1cc(OC2CCOCC2)c(Cl)cn1. The van der Waals surface area contributed by atoms with E-state index in [-0.39, 0.29) is 18.4 Å². The van der Waals surface area contributed by atoms with E-state index in [1.54, 1.807) is 24.4 Å². The van der Waals surface area contributed by atoms with Gasteiger partial charge in [-0.2, -0.15) is 0 Å². The summed E-state index contributed by atoms with van der Waals surface area (Å²) >= 11 is 11.9. The van der Waals surface area contributed by atoms with E-state index in [1.807, 2.05) is 0 Å². The predicted octanol–water partition coefficient (Wildman–Crippen LogP) is 3.52. The highest BCUT2D eigenvalue weighted by Gasteiger charge is 2.17. The molecule has 3 heterocycles. The highest BCUT2D eigenvalue weighted by Crippen LogP contribution is 2.28. The first-order chi connectivity index (χ1) is 12.1. The molecule has 0 bridgehead atoms. The molecule has 1 fully saturated rings. The quantitative estimate of drug-likeness (QED) is 0.801. The van der Waals surface area contributed by atoms with Crippen LogP contribution in [0.2, 0.25) is 10.2 Å². The molecule has 25 heavy (non-hydrogen) atoms. The van der Waals surface area contributed by atoms with E-state index in [9.17, 15) is 4.79 Å². The average molecular weight is 382 g/mol. The number of halogens is 2. The van der Waals surface area contributed by atoms with E-state index in [0.29, 0.717) is 35.0 Å². The van der Waals surface area contributed by atoms with E-state index in [0.717, 1.165) is 18.4 Å². The van der Waals surface area contributed by atoms with Crippen molar-refractivity contribution in [1.29, 1.82) is 0 Å². The molecular formula is C17H17Cl2N3O3. The molecule has 132 valence electrons. The van der Waals surface area contributed by atoms with Crippen LogP contribution in [-0.2, 0) is 16.0 Å². The van der Waals surface area contributed by atoms with Crippen LogP contribution in [0.1, 0.15) is 18.4 Å². The Labute approximate surface area is 155 Å². The van der Waals surface area contributed by atoms with Crippen LogP contribution in [0.3, 0.4) is 0 Å². The first-order valence-corrected chi connectivity index (χ1v) is 8.66. The molecule has 0 aromatic carbocycles. The van der Waals surface area contributed by atoms with Crippen molar-refractivity contribution in [1.82, 2.24) is 9.97 Å². The van der Waals surface area contributed by atoms with E-state index < -0.39 is 0 Å². The second-order valence-electron chi connectivity index (χ2n) is 5.64. The Bertz CT molecular complexity index is 734. The third kappa shape index (κ3) is 5.29. The number of hydrogen-bond donors (Lipinski definition) is 1. The molecule has 2 aromatic heterocycles. The molecule has 2 aromatic rings. The first-order valence-electron chi connectivity index (χ1n) is 7.90. The summed E-state index contributed by atoms with van der Waals surface area (Å²) in [7, 11) is 0. The summed E-state index contributed by atoms with van der Waals surface area (Å²) in [6, 6.07) is 5.03. The van der Waals surface area contributed by atoms with Crippen LogP contribution in [0, 0.1) is 0 Å². The first kappa shape index (κ1) is 17.9. The summed E-state index contributed by atoms with van der Waals surface area (Å²) in [6.45, 7) is 1.35. The Kier molecular flexibility index (Phi) is 6.07. The van der Waals surface area contributed by atoms with Gasteiger partial charge in [-0.1, -0.05) is 29.3 Å². The molecule has 0 atom stereocenters. The third-order valence-corrected chi connectivity index (χ3v) is 4.21. The fourth-order valence-electron chi connectivity index (χ4n) is 2.44. The van der Waals surface area contributed by atoms with E-state index in [1.165, 1.54) is 6.20 Å². The lowest BCUT2D eigenvalue weighted by molar-refractivity contribution is -0.115. The number of pyridine rings is 2. The maximum atomic E-state index is 12.2. The van der Waals surface area contributed by atoms with E-state index >= 15 is 0 Å². The average Bonchev–Trinajstić information content (AvgIpc) is 2.61. The lowest BCUT2D eigenvalue weighted by atomic mass is 10.1. The van der Waals surface area contributed by atoms with Crippen LogP contribution < -0.4 is 10.1 Å². The lowest BCUT2D eigenvalue weighted by Gasteiger charge is -2.23. The standard InChI is InChI=1S/C17H17Cl2N3O3/c18-13-10-21-16(8-14(13)25-12-3-5-24-6-4-12)22-17(23)7-11-1-2-15(19)20-9-11/h1-2,8-10,12H,3-7H2,(H,21,22,23). The molecule has 3 rings (SSSR count). The van der Waals surface area contributed by atoms with Gasteiger partial charge in [-0.15, -0.1) is 0 Å². The van der Waals surface area contributed by atoms with E-state index in [4.69, 9.17) is 32.7 Å². The Morgan fingerprint density at radius 2 is 2.04 bits per heavy atom. The molecule has 1 saturated heterocycles. The van der Waals surface area contributed by atoms with Gasteiger partial charge in [-0.25, -0.2) is 9.97 Å². The van der Waals surface area contributed by atoms with Gasteiger partial charge in [-0.3, -0.25) is 4.79 Å². The summed E-state index contributed by atoms with van der Waals surface area (Å²) < 4.78 is 11.2. The van der Waals surface area contributed by atoms with Crippen LogP contribution in [0.4, 0.5) is 5.82 Å². The Morgan fingerprint density at radius 3 is 2.76 bits per heavy atom. The van der Waals surface area contributed by atoms with Gasteiger partial charge in [0.15, 0.2) is 0 Å². The zero-order valence-corrected chi connectivity index (χ0v) is 14.9. The van der Waals surface area contributed by atoms with Gasteiger partial charge in [-0.05, 0) is 11.6 Å². The van der Waals surface area contributed by atoms with Gasteiger partial charge >= 0.3 is 0 Å². The summed E-state index contributed by atoms with van der Waals surface area (Å²) in [4.78, 5) is 20.2. The molecule has 6 nitrogen and oxygen atoms in total. The third-order valence-electron chi connectivity index (χ3n) is 3.70. The molecule has 0 unspecified atom stereocenters. The van der Waals surface area contributed by atoms with E-state index in [2.05, 4.69) is 15.3 Å². The van der Waals surface area contributed by atoms with Crippen molar-refractivity contribution in [3.8, 4) is 5.75 Å². The summed E-state index contributed by atoms with van der Waals surface area (Å²) in [5, 5.41) is 3.53. The van der Waals surface area contributed by atoms with Crippen molar-refractivity contribution in [3.63, 3.8) is 0 Å². The normalized spacial score (nSPS) is 15.0. The minimum absolute atomic E-state index is 0.0531. The number of carbonyl (C=O) groups excluding carboxylic acids is 1. The Balaban J connectivity index is 1.62. The molecule has 0 aliphatic carbocycles. The van der Waals surface area contributed by atoms with Gasteiger partial charge < -0.3 is 14.8 Å². The van der Waals surface area contributed by atoms with Crippen molar-refractivity contribution < 1.29 is 14.3 Å². The van der Waals surface area contributed by atoms with Crippen LogP contribution in [0.15, 0.2) is 30.6 Å². The number of nitrogens with one attached hydrogen (secondary N) is 1. The summed E-state index contributed by atoms with van der Waals surface area (Å²) in [6.07, 6.45) is 4.88.